The van der Waals surface area contributed by atoms with Crippen LogP contribution in [0.4, 0.5) is 0 Å². The predicted molar refractivity (Wildman–Crippen MR) is 211 cm³/mol. The van der Waals surface area contributed by atoms with E-state index in [1.54, 1.807) is 14.2 Å². The molecule has 274 valence electrons. The van der Waals surface area contributed by atoms with Gasteiger partial charge in [0.2, 0.25) is 0 Å². The summed E-state index contributed by atoms with van der Waals surface area (Å²) >= 11 is 6.92. The second-order valence-electron chi connectivity index (χ2n) is 13.2. The van der Waals surface area contributed by atoms with E-state index in [1.807, 2.05) is 54.6 Å². The molecule has 5 aromatic rings. The van der Waals surface area contributed by atoms with Crippen molar-refractivity contribution in [1.29, 1.82) is 0 Å². The van der Waals surface area contributed by atoms with E-state index in [0.29, 0.717) is 33.0 Å². The molecule has 5 aromatic carbocycles. The predicted octanol–water partition coefficient (Wildman–Crippen LogP) is 10.4. The van der Waals surface area contributed by atoms with Crippen LogP contribution in [-0.4, -0.2) is 39.6 Å². The molecule has 0 aromatic heterocycles. The molecule has 0 aliphatic carbocycles. The first-order valence-electron chi connectivity index (χ1n) is 18.4. The molecule has 0 N–H and O–H groups in total. The second-order valence-corrected chi connectivity index (χ2v) is 13.6. The first kappa shape index (κ1) is 39.2. The fraction of sp³-hybridized carbons (Fsp3) is 0.348. The first-order valence-corrected chi connectivity index (χ1v) is 18.8. The van der Waals surface area contributed by atoms with E-state index in [9.17, 15) is 0 Å². The molecule has 1 heterocycles. The summed E-state index contributed by atoms with van der Waals surface area (Å²) in [5, 5.41) is 0.753. The fourth-order valence-corrected chi connectivity index (χ4v) is 6.74. The number of benzene rings is 5. The van der Waals surface area contributed by atoms with Crippen LogP contribution < -0.4 is 4.74 Å². The van der Waals surface area contributed by atoms with Crippen LogP contribution in [0.3, 0.4) is 0 Å². The zero-order valence-corrected chi connectivity index (χ0v) is 31.7. The minimum Gasteiger partial charge on any atom is -0.491 e. The average Bonchev–Trinajstić information content (AvgIpc) is 3.70. The van der Waals surface area contributed by atoms with Crippen molar-refractivity contribution in [3.63, 3.8) is 0 Å². The van der Waals surface area contributed by atoms with Crippen molar-refractivity contribution >= 4 is 11.6 Å². The van der Waals surface area contributed by atoms with Crippen molar-refractivity contribution in [2.45, 2.75) is 77.5 Å². The maximum Gasteiger partial charge on any atom is 0.141 e. The molecular weight excluding hydrogens is 668 g/mol. The van der Waals surface area contributed by atoms with E-state index in [-0.39, 0.29) is 12.2 Å². The zero-order valence-electron chi connectivity index (χ0n) is 30.9. The number of hydrogen-bond acceptors (Lipinski definition) is 5. The average molecular weight is 721 g/mol. The summed E-state index contributed by atoms with van der Waals surface area (Å²) in [7, 11) is 3.46. The normalized spacial score (nSPS) is 13.1. The Morgan fingerprint density at radius 1 is 0.673 bits per heavy atom. The SMILES string of the molecule is CCc1ccc(Cc2cc(CCC(CC(COCc3ccccc3)OC)OCc3ccccc3)c3c(c2Cl)OCC3)cc1.COCc1ccccc1. The standard InChI is InChI=1S/C38H43ClO4.C8H10O/c1-3-28-14-16-29(17-15-28)22-33-23-32(36-20-21-42-38(36)37(33)39)18-19-34(43-26-31-12-8-5-9-13-31)24-35(40-2)27-41-25-30-10-6-4-7-11-30;1-9-7-8-5-3-2-4-6-8/h4-17,23,34-35H,3,18-22,24-27H2,1-2H3;2-6H,7H2,1H3. The van der Waals surface area contributed by atoms with E-state index in [2.05, 4.69) is 73.7 Å². The lowest BCUT2D eigenvalue weighted by molar-refractivity contribution is -0.0467. The van der Waals surface area contributed by atoms with Gasteiger partial charge in [-0.15, -0.1) is 0 Å². The van der Waals surface area contributed by atoms with Gasteiger partial charge in [0.15, 0.2) is 0 Å². The third kappa shape index (κ3) is 12.3. The van der Waals surface area contributed by atoms with Gasteiger partial charge in [-0.25, -0.2) is 0 Å². The Morgan fingerprint density at radius 3 is 1.87 bits per heavy atom. The molecule has 0 bridgehead atoms. The van der Waals surface area contributed by atoms with Gasteiger partial charge < -0.3 is 23.7 Å². The summed E-state index contributed by atoms with van der Waals surface area (Å²) in [5.74, 6) is 0.866. The molecule has 0 saturated carbocycles. The molecule has 6 rings (SSSR count). The molecule has 1 aliphatic heterocycles. The van der Waals surface area contributed by atoms with Gasteiger partial charge in [-0.3, -0.25) is 0 Å². The number of halogens is 1. The molecule has 1 aliphatic rings. The lowest BCUT2D eigenvalue weighted by Gasteiger charge is -2.24. The molecule has 0 spiro atoms. The Labute approximate surface area is 315 Å². The minimum absolute atomic E-state index is 0.00386. The summed E-state index contributed by atoms with van der Waals surface area (Å²) in [6.45, 7) is 5.21. The molecule has 2 atom stereocenters. The van der Waals surface area contributed by atoms with Gasteiger partial charge in [0.05, 0.1) is 50.3 Å². The first-order chi connectivity index (χ1) is 25.6. The van der Waals surface area contributed by atoms with E-state index in [1.165, 1.54) is 33.4 Å². The number of ether oxygens (including phenoxy) is 5. The molecule has 2 unspecified atom stereocenters. The lowest BCUT2D eigenvalue weighted by Crippen LogP contribution is -2.27. The maximum absolute atomic E-state index is 6.92. The summed E-state index contributed by atoms with van der Waals surface area (Å²) in [6, 6.07) is 41.8. The highest BCUT2D eigenvalue weighted by molar-refractivity contribution is 6.33. The van der Waals surface area contributed by atoms with Crippen LogP contribution in [-0.2, 0) is 64.5 Å². The van der Waals surface area contributed by atoms with E-state index < -0.39 is 0 Å². The molecule has 6 heteroatoms. The zero-order chi connectivity index (χ0) is 36.4. The topological polar surface area (TPSA) is 46.2 Å². The van der Waals surface area contributed by atoms with Gasteiger partial charge in [-0.1, -0.05) is 140 Å². The number of hydrogen-bond donors (Lipinski definition) is 0. The Balaban J connectivity index is 0.000000507. The van der Waals surface area contributed by atoms with E-state index in [4.69, 9.17) is 35.3 Å². The maximum atomic E-state index is 6.92. The van der Waals surface area contributed by atoms with Crippen molar-refractivity contribution in [2.75, 3.05) is 27.4 Å². The number of aryl methyl sites for hydroxylation is 2. The molecule has 52 heavy (non-hydrogen) atoms. The Morgan fingerprint density at radius 2 is 1.27 bits per heavy atom. The highest BCUT2D eigenvalue weighted by atomic mass is 35.5. The Kier molecular flexibility index (Phi) is 16.2. The summed E-state index contributed by atoms with van der Waals surface area (Å²) in [4.78, 5) is 0. The highest BCUT2D eigenvalue weighted by Crippen LogP contribution is 2.40. The summed E-state index contributed by atoms with van der Waals surface area (Å²) in [6.07, 6.45) is 5.14. The minimum atomic E-state index is -0.0644. The molecular formula is C46H53ClO5. The van der Waals surface area contributed by atoms with Crippen LogP contribution in [0.5, 0.6) is 5.75 Å². The van der Waals surface area contributed by atoms with Crippen LogP contribution in [0.1, 0.15) is 64.3 Å². The van der Waals surface area contributed by atoms with Crippen LogP contribution in [0.15, 0.2) is 121 Å². The van der Waals surface area contributed by atoms with Gasteiger partial charge in [0, 0.05) is 32.6 Å². The van der Waals surface area contributed by atoms with Crippen molar-refractivity contribution in [2.24, 2.45) is 0 Å². The third-order valence-corrected chi connectivity index (χ3v) is 9.82. The van der Waals surface area contributed by atoms with Gasteiger partial charge in [0.25, 0.3) is 0 Å². The van der Waals surface area contributed by atoms with Gasteiger partial charge in [-0.2, -0.15) is 0 Å². The molecule has 0 radical (unpaired) electrons. The van der Waals surface area contributed by atoms with E-state index >= 15 is 0 Å². The van der Waals surface area contributed by atoms with Crippen molar-refractivity contribution in [3.8, 4) is 5.75 Å². The van der Waals surface area contributed by atoms with Crippen LogP contribution in [0.2, 0.25) is 5.02 Å². The number of methoxy groups -OCH3 is 2. The van der Waals surface area contributed by atoms with Gasteiger partial charge >= 0.3 is 0 Å². The van der Waals surface area contributed by atoms with Crippen molar-refractivity contribution < 1.29 is 23.7 Å². The molecule has 0 saturated heterocycles. The number of fused-ring (bicyclic) bond motifs is 1. The van der Waals surface area contributed by atoms with Gasteiger partial charge in [-0.05, 0) is 64.6 Å². The van der Waals surface area contributed by atoms with Crippen LogP contribution in [0.25, 0.3) is 0 Å². The Hall–Kier alpha value is -3.97. The Bertz CT molecular complexity index is 1730. The number of rotatable bonds is 18. The highest BCUT2D eigenvalue weighted by Gasteiger charge is 2.24. The lowest BCUT2D eigenvalue weighted by atomic mass is 9.93. The monoisotopic (exact) mass is 720 g/mol. The summed E-state index contributed by atoms with van der Waals surface area (Å²) < 4.78 is 29.5. The van der Waals surface area contributed by atoms with Crippen molar-refractivity contribution in [3.05, 3.63) is 171 Å². The van der Waals surface area contributed by atoms with Gasteiger partial charge in [0.1, 0.15) is 5.75 Å². The van der Waals surface area contributed by atoms with E-state index in [0.717, 1.165) is 60.4 Å². The quantitative estimate of drug-likeness (QED) is 0.0902. The molecule has 0 amide bonds. The van der Waals surface area contributed by atoms with Crippen molar-refractivity contribution in [1.82, 2.24) is 0 Å². The molecule has 5 nitrogen and oxygen atoms in total. The van der Waals surface area contributed by atoms with Crippen LogP contribution in [0, 0.1) is 0 Å². The fourth-order valence-electron chi connectivity index (χ4n) is 6.45. The van der Waals surface area contributed by atoms with Crippen LogP contribution >= 0.6 is 11.6 Å². The summed E-state index contributed by atoms with van der Waals surface area (Å²) in [5.41, 5.74) is 9.81. The molecule has 0 fully saturated rings. The third-order valence-electron chi connectivity index (χ3n) is 9.41. The second kappa shape index (κ2) is 21.5. The largest absolute Gasteiger partial charge is 0.491 e. The smallest absolute Gasteiger partial charge is 0.141 e.